The van der Waals surface area contributed by atoms with Gasteiger partial charge in [0.15, 0.2) is 0 Å². The van der Waals surface area contributed by atoms with Crippen LogP contribution in [0.1, 0.15) is 32.6 Å². The fraction of sp³-hybridized carbons (Fsp3) is 0.714. The van der Waals surface area contributed by atoms with E-state index in [0.29, 0.717) is 25.8 Å². The van der Waals surface area contributed by atoms with E-state index in [0.717, 1.165) is 6.42 Å². The predicted octanol–water partition coefficient (Wildman–Crippen LogP) is -4.61. The van der Waals surface area contributed by atoms with Crippen molar-refractivity contribution in [2.45, 2.75) is 62.8 Å². The molecule has 2 saturated heterocycles. The summed E-state index contributed by atoms with van der Waals surface area (Å²) in [7, 11) is 0. The SMILES string of the molecule is C[C@H](NC(=O)CNC(=O)[C@H](CO)NC(=O)[C@H](CO)NC(=O)[C@@H]1CCCN1)C(=O)N1CCC[C@H]1C(=O)O. The fourth-order valence-corrected chi connectivity index (χ4v) is 4.02. The second-order valence-electron chi connectivity index (χ2n) is 8.67. The van der Waals surface area contributed by atoms with Gasteiger partial charge in [-0.2, -0.15) is 0 Å². The molecule has 0 radical (unpaired) electrons. The number of rotatable bonds is 12. The molecule has 0 spiro atoms. The van der Waals surface area contributed by atoms with E-state index in [9.17, 15) is 44.1 Å². The van der Waals surface area contributed by atoms with Gasteiger partial charge in [0.25, 0.3) is 0 Å². The Kier molecular flexibility index (Phi) is 11.0. The molecule has 0 aromatic carbocycles. The van der Waals surface area contributed by atoms with Gasteiger partial charge in [0.05, 0.1) is 25.8 Å². The van der Waals surface area contributed by atoms with Crippen LogP contribution < -0.4 is 26.6 Å². The number of hydrogen-bond donors (Lipinski definition) is 8. The molecule has 36 heavy (non-hydrogen) atoms. The lowest BCUT2D eigenvalue weighted by Gasteiger charge is -2.25. The summed E-state index contributed by atoms with van der Waals surface area (Å²) in [6, 6.07) is -5.30. The lowest BCUT2D eigenvalue weighted by Crippen LogP contribution is -2.58. The number of amides is 5. The molecule has 0 bridgehead atoms. The zero-order valence-corrected chi connectivity index (χ0v) is 20.0. The minimum atomic E-state index is -1.47. The Bertz CT molecular complexity index is 848. The molecule has 2 rings (SSSR count). The van der Waals surface area contributed by atoms with Gasteiger partial charge < -0.3 is 46.8 Å². The number of nitrogens with one attached hydrogen (secondary N) is 5. The van der Waals surface area contributed by atoms with Gasteiger partial charge in [-0.05, 0) is 39.2 Å². The molecule has 2 fully saturated rings. The molecule has 202 valence electrons. The number of likely N-dealkylation sites (tertiary alicyclic amines) is 1. The molecule has 2 aliphatic rings. The highest BCUT2D eigenvalue weighted by atomic mass is 16.4. The molecular formula is C21H34N6O9. The molecule has 0 aromatic heterocycles. The van der Waals surface area contributed by atoms with E-state index in [4.69, 9.17) is 0 Å². The van der Waals surface area contributed by atoms with Crippen molar-refractivity contribution in [1.82, 2.24) is 31.5 Å². The van der Waals surface area contributed by atoms with Gasteiger partial charge >= 0.3 is 5.97 Å². The van der Waals surface area contributed by atoms with Crippen LogP contribution in [0.5, 0.6) is 0 Å². The van der Waals surface area contributed by atoms with E-state index >= 15 is 0 Å². The smallest absolute Gasteiger partial charge is 0.326 e. The summed E-state index contributed by atoms with van der Waals surface area (Å²) in [5, 5.41) is 40.3. The number of aliphatic carboxylic acids is 1. The molecule has 5 atom stereocenters. The first-order valence-corrected chi connectivity index (χ1v) is 11.7. The van der Waals surface area contributed by atoms with Crippen LogP contribution in [0.15, 0.2) is 0 Å². The molecular weight excluding hydrogens is 480 g/mol. The van der Waals surface area contributed by atoms with Crippen LogP contribution in [0.2, 0.25) is 0 Å². The van der Waals surface area contributed by atoms with Crippen LogP contribution in [-0.4, -0.2) is 119 Å². The number of nitrogens with zero attached hydrogens (tertiary/aromatic N) is 1. The second kappa shape index (κ2) is 13.7. The monoisotopic (exact) mass is 514 g/mol. The van der Waals surface area contributed by atoms with E-state index in [1.807, 2.05) is 0 Å². The van der Waals surface area contributed by atoms with Gasteiger partial charge in [0.1, 0.15) is 24.2 Å². The maximum atomic E-state index is 12.5. The van der Waals surface area contributed by atoms with Crippen LogP contribution in [0, 0.1) is 0 Å². The Morgan fingerprint density at radius 1 is 0.944 bits per heavy atom. The van der Waals surface area contributed by atoms with Crippen molar-refractivity contribution in [3.8, 4) is 0 Å². The number of hydrogen-bond acceptors (Lipinski definition) is 9. The summed E-state index contributed by atoms with van der Waals surface area (Å²) in [5.41, 5.74) is 0. The van der Waals surface area contributed by atoms with Crippen molar-refractivity contribution in [3.63, 3.8) is 0 Å². The van der Waals surface area contributed by atoms with Crippen molar-refractivity contribution in [1.29, 1.82) is 0 Å². The van der Waals surface area contributed by atoms with E-state index in [2.05, 4.69) is 26.6 Å². The molecule has 2 aliphatic heterocycles. The van der Waals surface area contributed by atoms with Gasteiger partial charge in [0.2, 0.25) is 29.5 Å². The second-order valence-corrected chi connectivity index (χ2v) is 8.67. The molecule has 0 unspecified atom stereocenters. The van der Waals surface area contributed by atoms with Crippen LogP contribution in [0.4, 0.5) is 0 Å². The molecule has 2 heterocycles. The van der Waals surface area contributed by atoms with E-state index in [1.165, 1.54) is 11.8 Å². The predicted molar refractivity (Wildman–Crippen MR) is 122 cm³/mol. The van der Waals surface area contributed by atoms with E-state index < -0.39 is 85.5 Å². The Hall–Kier alpha value is -3.30. The summed E-state index contributed by atoms with van der Waals surface area (Å²) in [5.74, 6) is -4.73. The highest BCUT2D eigenvalue weighted by Crippen LogP contribution is 2.18. The van der Waals surface area contributed by atoms with E-state index in [-0.39, 0.29) is 6.54 Å². The van der Waals surface area contributed by atoms with E-state index in [1.54, 1.807) is 0 Å². The molecule has 0 saturated carbocycles. The topological polar surface area (TPSA) is 226 Å². The molecule has 15 nitrogen and oxygen atoms in total. The normalized spacial score (nSPS) is 21.7. The number of aliphatic hydroxyl groups is 2. The number of carbonyl (C=O) groups excluding carboxylic acids is 5. The minimum absolute atomic E-state index is 0.261. The van der Waals surface area contributed by atoms with Gasteiger partial charge in [0, 0.05) is 6.54 Å². The third-order valence-corrected chi connectivity index (χ3v) is 6.00. The molecule has 0 aromatic rings. The van der Waals surface area contributed by atoms with Gasteiger partial charge in [-0.25, -0.2) is 4.79 Å². The maximum absolute atomic E-state index is 12.5. The molecule has 8 N–H and O–H groups in total. The quantitative estimate of drug-likeness (QED) is 0.124. The van der Waals surface area contributed by atoms with Crippen LogP contribution >= 0.6 is 0 Å². The third kappa shape index (κ3) is 7.86. The summed E-state index contributed by atoms with van der Waals surface area (Å²) in [6.45, 7) is 0.159. The van der Waals surface area contributed by atoms with Crippen LogP contribution in [0.3, 0.4) is 0 Å². The fourth-order valence-electron chi connectivity index (χ4n) is 4.02. The Morgan fingerprint density at radius 3 is 2.19 bits per heavy atom. The van der Waals surface area contributed by atoms with Gasteiger partial charge in [-0.3, -0.25) is 24.0 Å². The van der Waals surface area contributed by atoms with Crippen LogP contribution in [0.25, 0.3) is 0 Å². The van der Waals surface area contributed by atoms with Crippen molar-refractivity contribution >= 4 is 35.5 Å². The zero-order valence-electron chi connectivity index (χ0n) is 20.0. The summed E-state index contributed by atoms with van der Waals surface area (Å²) in [6.07, 6.45) is 2.23. The third-order valence-electron chi connectivity index (χ3n) is 6.00. The summed E-state index contributed by atoms with van der Waals surface area (Å²) < 4.78 is 0. The lowest BCUT2D eigenvalue weighted by atomic mass is 10.2. The summed E-state index contributed by atoms with van der Waals surface area (Å²) in [4.78, 5) is 74.0. The first-order chi connectivity index (χ1) is 17.1. The number of carboxylic acid groups (broad SMARTS) is 1. The summed E-state index contributed by atoms with van der Waals surface area (Å²) >= 11 is 0. The maximum Gasteiger partial charge on any atom is 0.326 e. The van der Waals surface area contributed by atoms with Crippen molar-refractivity contribution < 1.29 is 44.1 Å². The highest BCUT2D eigenvalue weighted by Gasteiger charge is 2.36. The number of aliphatic hydroxyl groups excluding tert-OH is 2. The first-order valence-electron chi connectivity index (χ1n) is 11.7. The molecule has 5 amide bonds. The van der Waals surface area contributed by atoms with Crippen molar-refractivity contribution in [3.05, 3.63) is 0 Å². The van der Waals surface area contributed by atoms with Crippen molar-refractivity contribution in [2.75, 3.05) is 32.8 Å². The van der Waals surface area contributed by atoms with Gasteiger partial charge in [-0.1, -0.05) is 0 Å². The average Bonchev–Trinajstić information content (AvgIpc) is 3.56. The largest absolute Gasteiger partial charge is 0.480 e. The minimum Gasteiger partial charge on any atom is -0.480 e. The Balaban J connectivity index is 1.81. The Labute approximate surface area is 207 Å². The van der Waals surface area contributed by atoms with Gasteiger partial charge in [-0.15, -0.1) is 0 Å². The molecule has 15 heteroatoms. The van der Waals surface area contributed by atoms with Crippen LogP contribution in [-0.2, 0) is 28.8 Å². The standard InChI is InChI=1S/C21H34N6O9/c1-11(20(34)27-7-3-5-15(27)21(35)36)24-16(30)8-23-17(31)13(9-28)25-19(33)14(10-29)26-18(32)12-4-2-6-22-12/h11-15,22,28-29H,2-10H2,1H3,(H,23,31)(H,24,30)(H,25,33)(H,26,32)(H,35,36)/t11-,12-,13-,14-,15-/m0/s1. The lowest BCUT2D eigenvalue weighted by molar-refractivity contribution is -0.149. The van der Waals surface area contributed by atoms with Crippen molar-refractivity contribution in [2.24, 2.45) is 0 Å². The Morgan fingerprint density at radius 2 is 1.61 bits per heavy atom. The molecule has 0 aliphatic carbocycles. The zero-order chi connectivity index (χ0) is 26.8. The average molecular weight is 515 g/mol. The first kappa shape index (κ1) is 28.9. The number of carboxylic acids is 1. The number of carbonyl (C=O) groups is 6. The highest BCUT2D eigenvalue weighted by molar-refractivity contribution is 5.95.